The lowest BCUT2D eigenvalue weighted by Gasteiger charge is -2.29. The number of H-pyrrole nitrogens is 1. The number of nitrogens with zero attached hydrogens (tertiary/aromatic N) is 3. The van der Waals surface area contributed by atoms with Crippen LogP contribution in [0.5, 0.6) is 17.2 Å². The van der Waals surface area contributed by atoms with Crippen LogP contribution in [0, 0.1) is 0 Å². The zero-order valence-electron chi connectivity index (χ0n) is 18.9. The van der Waals surface area contributed by atoms with Crippen molar-refractivity contribution in [3.63, 3.8) is 0 Å². The maximum atomic E-state index is 5.52. The molecule has 4 aromatic rings. The van der Waals surface area contributed by atoms with E-state index < -0.39 is 0 Å². The summed E-state index contributed by atoms with van der Waals surface area (Å²) < 4.78 is 22.0. The molecule has 2 aromatic carbocycles. The molecule has 1 fully saturated rings. The van der Waals surface area contributed by atoms with Gasteiger partial charge in [0.2, 0.25) is 5.75 Å². The van der Waals surface area contributed by atoms with E-state index >= 15 is 0 Å². The largest absolute Gasteiger partial charge is 0.493 e. The monoisotopic (exact) mass is 446 g/mol. The van der Waals surface area contributed by atoms with Crippen LogP contribution in [0.25, 0.3) is 33.4 Å². The van der Waals surface area contributed by atoms with Crippen LogP contribution in [0.4, 0.5) is 5.69 Å². The van der Waals surface area contributed by atoms with Crippen molar-refractivity contribution in [2.45, 2.75) is 0 Å². The fourth-order valence-electron chi connectivity index (χ4n) is 4.21. The number of ether oxygens (including phenoxy) is 4. The Morgan fingerprint density at radius 3 is 2.33 bits per heavy atom. The van der Waals surface area contributed by atoms with Crippen molar-refractivity contribution in [1.29, 1.82) is 0 Å². The molecule has 8 nitrogen and oxygen atoms in total. The van der Waals surface area contributed by atoms with Gasteiger partial charge in [0, 0.05) is 41.5 Å². The molecule has 3 heterocycles. The SMILES string of the molecule is COc1cc(-c2[nH]nc3ncc(-c4cccc(N5CCOCC5)c4)cc23)cc(OC)c1OC. The number of anilines is 1. The fraction of sp³-hybridized carbons (Fsp3) is 0.280. The van der Waals surface area contributed by atoms with Crippen LogP contribution in [0.15, 0.2) is 48.7 Å². The van der Waals surface area contributed by atoms with Gasteiger partial charge in [-0.2, -0.15) is 5.10 Å². The highest BCUT2D eigenvalue weighted by atomic mass is 16.5. The number of hydrogen-bond donors (Lipinski definition) is 1. The van der Waals surface area contributed by atoms with E-state index in [1.807, 2.05) is 18.3 Å². The molecule has 33 heavy (non-hydrogen) atoms. The highest BCUT2D eigenvalue weighted by Crippen LogP contribution is 2.42. The van der Waals surface area contributed by atoms with Crippen LogP contribution in [-0.4, -0.2) is 62.8 Å². The van der Waals surface area contributed by atoms with Crippen molar-refractivity contribution in [2.24, 2.45) is 0 Å². The highest BCUT2D eigenvalue weighted by molar-refractivity contribution is 5.94. The zero-order valence-corrected chi connectivity index (χ0v) is 18.9. The van der Waals surface area contributed by atoms with Crippen LogP contribution in [0.2, 0.25) is 0 Å². The van der Waals surface area contributed by atoms with E-state index in [0.29, 0.717) is 22.9 Å². The molecule has 0 saturated carbocycles. The van der Waals surface area contributed by atoms with Crippen LogP contribution in [0.3, 0.4) is 0 Å². The third-order valence-corrected chi connectivity index (χ3v) is 5.92. The van der Waals surface area contributed by atoms with Crippen LogP contribution < -0.4 is 19.1 Å². The van der Waals surface area contributed by atoms with Crippen molar-refractivity contribution in [3.8, 4) is 39.6 Å². The predicted molar refractivity (Wildman–Crippen MR) is 127 cm³/mol. The number of nitrogens with one attached hydrogen (secondary N) is 1. The minimum Gasteiger partial charge on any atom is -0.493 e. The summed E-state index contributed by atoms with van der Waals surface area (Å²) in [5.74, 6) is 1.71. The molecule has 1 aliphatic rings. The van der Waals surface area contributed by atoms with Crippen LogP contribution in [-0.2, 0) is 4.74 Å². The van der Waals surface area contributed by atoms with Gasteiger partial charge in [-0.15, -0.1) is 0 Å². The van der Waals surface area contributed by atoms with Gasteiger partial charge < -0.3 is 23.8 Å². The van der Waals surface area contributed by atoms with E-state index in [2.05, 4.69) is 50.4 Å². The van der Waals surface area contributed by atoms with Gasteiger partial charge in [0.15, 0.2) is 17.1 Å². The van der Waals surface area contributed by atoms with E-state index in [0.717, 1.165) is 54.1 Å². The summed E-state index contributed by atoms with van der Waals surface area (Å²) >= 11 is 0. The van der Waals surface area contributed by atoms with Gasteiger partial charge in [-0.25, -0.2) is 4.98 Å². The number of aromatic nitrogens is 3. The van der Waals surface area contributed by atoms with Crippen molar-refractivity contribution < 1.29 is 18.9 Å². The molecule has 1 saturated heterocycles. The lowest BCUT2D eigenvalue weighted by atomic mass is 10.0. The Morgan fingerprint density at radius 2 is 1.64 bits per heavy atom. The average Bonchev–Trinajstić information content (AvgIpc) is 3.31. The number of morpholine rings is 1. The molecule has 8 heteroatoms. The van der Waals surface area contributed by atoms with E-state index in [9.17, 15) is 0 Å². The second-order valence-electron chi connectivity index (χ2n) is 7.76. The summed E-state index contributed by atoms with van der Waals surface area (Å²) in [6, 6.07) is 14.4. The zero-order chi connectivity index (χ0) is 22.8. The Bertz CT molecular complexity index is 1260. The first kappa shape index (κ1) is 21.1. The van der Waals surface area contributed by atoms with Gasteiger partial charge in [0.05, 0.1) is 40.2 Å². The first-order valence-electron chi connectivity index (χ1n) is 10.8. The van der Waals surface area contributed by atoms with E-state index in [-0.39, 0.29) is 0 Å². The minimum atomic E-state index is 0.548. The smallest absolute Gasteiger partial charge is 0.203 e. The molecule has 0 unspecified atom stereocenters. The van der Waals surface area contributed by atoms with Crippen molar-refractivity contribution in [1.82, 2.24) is 15.2 Å². The first-order chi connectivity index (χ1) is 16.2. The molecule has 0 aliphatic carbocycles. The highest BCUT2D eigenvalue weighted by Gasteiger charge is 2.18. The van der Waals surface area contributed by atoms with Crippen LogP contribution in [0.1, 0.15) is 0 Å². The summed E-state index contributed by atoms with van der Waals surface area (Å²) in [5.41, 5.74) is 5.66. The summed E-state index contributed by atoms with van der Waals surface area (Å²) in [4.78, 5) is 6.95. The summed E-state index contributed by atoms with van der Waals surface area (Å²) in [6.07, 6.45) is 1.86. The Kier molecular flexibility index (Phi) is 5.75. The molecule has 0 amide bonds. The van der Waals surface area contributed by atoms with Gasteiger partial charge in [0.25, 0.3) is 0 Å². The van der Waals surface area contributed by atoms with Gasteiger partial charge in [-0.1, -0.05) is 12.1 Å². The Morgan fingerprint density at radius 1 is 0.879 bits per heavy atom. The summed E-state index contributed by atoms with van der Waals surface area (Å²) in [5, 5.41) is 8.44. The van der Waals surface area contributed by atoms with Crippen molar-refractivity contribution >= 4 is 16.7 Å². The van der Waals surface area contributed by atoms with Crippen molar-refractivity contribution in [2.75, 3.05) is 52.5 Å². The molecule has 2 aromatic heterocycles. The molecule has 1 aliphatic heterocycles. The normalized spacial score (nSPS) is 13.8. The number of methoxy groups -OCH3 is 3. The molecule has 0 spiro atoms. The van der Waals surface area contributed by atoms with Gasteiger partial charge in [0.1, 0.15) is 0 Å². The molecule has 0 radical (unpaired) electrons. The third-order valence-electron chi connectivity index (χ3n) is 5.92. The Balaban J connectivity index is 1.57. The second kappa shape index (κ2) is 8.99. The number of fused-ring (bicyclic) bond motifs is 1. The van der Waals surface area contributed by atoms with E-state index in [1.54, 1.807) is 21.3 Å². The number of rotatable bonds is 6. The lowest BCUT2D eigenvalue weighted by Crippen LogP contribution is -2.36. The summed E-state index contributed by atoms with van der Waals surface area (Å²) in [7, 11) is 4.80. The quantitative estimate of drug-likeness (QED) is 0.476. The Hall–Kier alpha value is -3.78. The molecular weight excluding hydrogens is 420 g/mol. The number of hydrogen-bond acceptors (Lipinski definition) is 7. The number of benzene rings is 2. The molecule has 1 N–H and O–H groups in total. The van der Waals surface area contributed by atoms with Gasteiger partial charge in [-0.05, 0) is 35.9 Å². The molecule has 0 bridgehead atoms. The molecule has 170 valence electrons. The van der Waals surface area contributed by atoms with Gasteiger partial charge in [-0.3, -0.25) is 5.10 Å². The topological polar surface area (TPSA) is 81.7 Å². The lowest BCUT2D eigenvalue weighted by molar-refractivity contribution is 0.122. The average molecular weight is 447 g/mol. The minimum absolute atomic E-state index is 0.548. The maximum absolute atomic E-state index is 5.52. The number of pyridine rings is 1. The number of aromatic amines is 1. The summed E-state index contributed by atoms with van der Waals surface area (Å²) in [6.45, 7) is 3.30. The molecular formula is C25H26N4O4. The van der Waals surface area contributed by atoms with Crippen molar-refractivity contribution in [3.05, 3.63) is 48.7 Å². The second-order valence-corrected chi connectivity index (χ2v) is 7.76. The van der Waals surface area contributed by atoms with E-state index in [1.165, 1.54) is 5.69 Å². The Labute approximate surface area is 192 Å². The predicted octanol–water partition coefficient (Wildman–Crippen LogP) is 4.15. The van der Waals surface area contributed by atoms with Crippen LogP contribution >= 0.6 is 0 Å². The van der Waals surface area contributed by atoms with Gasteiger partial charge >= 0.3 is 0 Å². The fourth-order valence-corrected chi connectivity index (χ4v) is 4.21. The molecule has 0 atom stereocenters. The van der Waals surface area contributed by atoms with E-state index in [4.69, 9.17) is 18.9 Å². The molecule has 5 rings (SSSR count). The third kappa shape index (κ3) is 3.93. The standard InChI is InChI=1S/C25H26N4O4/c1-30-21-13-17(14-22(31-2)24(21)32-3)23-20-12-18(15-26-25(20)28-27-23)16-5-4-6-19(11-16)29-7-9-33-10-8-29/h4-6,11-15H,7-10H2,1-3H3,(H,26,27,28). The first-order valence-corrected chi connectivity index (χ1v) is 10.8. The maximum Gasteiger partial charge on any atom is 0.203 e.